The van der Waals surface area contributed by atoms with Gasteiger partial charge in [0, 0.05) is 12.6 Å². The van der Waals surface area contributed by atoms with Gasteiger partial charge in [-0.1, -0.05) is 38.1 Å². The molecule has 20 heavy (non-hydrogen) atoms. The van der Waals surface area contributed by atoms with Gasteiger partial charge in [-0.2, -0.15) is 0 Å². The second-order valence-corrected chi connectivity index (χ2v) is 6.62. The molecule has 1 saturated heterocycles. The third-order valence-electron chi connectivity index (χ3n) is 5.26. The van der Waals surface area contributed by atoms with Crippen molar-refractivity contribution in [1.29, 1.82) is 0 Å². The maximum Gasteiger partial charge on any atom is 0.0323 e. The Hall–Kier alpha value is -0.860. The van der Waals surface area contributed by atoms with Crippen molar-refractivity contribution in [2.75, 3.05) is 26.2 Å². The zero-order chi connectivity index (χ0) is 13.9. The molecule has 2 heteroatoms. The number of likely N-dealkylation sites (tertiary alicyclic amines) is 1. The number of nitrogens with zero attached hydrogens (tertiary/aromatic N) is 1. The van der Waals surface area contributed by atoms with Crippen molar-refractivity contribution in [2.45, 2.75) is 45.1 Å². The summed E-state index contributed by atoms with van der Waals surface area (Å²) in [6.45, 7) is 9.61. The van der Waals surface area contributed by atoms with E-state index in [0.29, 0.717) is 6.04 Å². The first-order valence-corrected chi connectivity index (χ1v) is 8.32. The van der Waals surface area contributed by atoms with Crippen molar-refractivity contribution in [1.82, 2.24) is 10.2 Å². The van der Waals surface area contributed by atoms with E-state index in [1.165, 1.54) is 45.4 Å². The molecule has 0 aromatic heterocycles. The third kappa shape index (κ3) is 2.91. The van der Waals surface area contributed by atoms with Crippen LogP contribution < -0.4 is 5.32 Å². The van der Waals surface area contributed by atoms with E-state index < -0.39 is 0 Å². The number of nitrogens with one attached hydrogen (secondary N) is 1. The molecular weight excluding hydrogens is 244 g/mol. The molecule has 0 radical (unpaired) electrons. The molecule has 0 spiro atoms. The predicted octanol–water partition coefficient (Wildman–Crippen LogP) is 3.56. The number of benzene rings is 1. The van der Waals surface area contributed by atoms with Crippen LogP contribution in [0.1, 0.15) is 56.2 Å². The standard InChI is InChI=1S/C18H28N2/c1-3-20-11-10-15(13-20)12-19-18-9-8-14(2)16-6-4-5-7-17(16)18/h4-7,14-15,18-19H,3,8-13H2,1-2H3. The molecule has 1 aromatic carbocycles. The Morgan fingerprint density at radius 3 is 2.70 bits per heavy atom. The molecule has 2 nitrogen and oxygen atoms in total. The summed E-state index contributed by atoms with van der Waals surface area (Å²) in [6.07, 6.45) is 3.98. The fourth-order valence-corrected chi connectivity index (χ4v) is 3.89. The topological polar surface area (TPSA) is 15.3 Å². The quantitative estimate of drug-likeness (QED) is 0.901. The van der Waals surface area contributed by atoms with Crippen LogP contribution in [0.25, 0.3) is 0 Å². The summed E-state index contributed by atoms with van der Waals surface area (Å²) in [5.41, 5.74) is 3.12. The van der Waals surface area contributed by atoms with E-state index in [2.05, 4.69) is 48.3 Å². The van der Waals surface area contributed by atoms with E-state index in [-0.39, 0.29) is 0 Å². The van der Waals surface area contributed by atoms with Gasteiger partial charge in [-0.05, 0) is 61.9 Å². The summed E-state index contributed by atoms with van der Waals surface area (Å²) in [5, 5.41) is 3.86. The highest BCUT2D eigenvalue weighted by atomic mass is 15.1. The van der Waals surface area contributed by atoms with E-state index in [4.69, 9.17) is 0 Å². The van der Waals surface area contributed by atoms with Crippen LogP contribution in [0.15, 0.2) is 24.3 Å². The minimum atomic E-state index is 0.582. The summed E-state index contributed by atoms with van der Waals surface area (Å²) >= 11 is 0. The molecule has 1 aliphatic heterocycles. The van der Waals surface area contributed by atoms with Crippen LogP contribution in [0.3, 0.4) is 0 Å². The predicted molar refractivity (Wildman–Crippen MR) is 85.1 cm³/mol. The maximum absolute atomic E-state index is 3.86. The lowest BCUT2D eigenvalue weighted by Crippen LogP contribution is -2.31. The highest BCUT2D eigenvalue weighted by Gasteiger charge is 2.26. The molecular formula is C18H28N2. The average Bonchev–Trinajstić information content (AvgIpc) is 2.95. The fraction of sp³-hybridized carbons (Fsp3) is 0.667. The van der Waals surface area contributed by atoms with Crippen molar-refractivity contribution >= 4 is 0 Å². The molecule has 3 unspecified atom stereocenters. The van der Waals surface area contributed by atoms with Gasteiger partial charge in [0.2, 0.25) is 0 Å². The Morgan fingerprint density at radius 1 is 1.15 bits per heavy atom. The Labute approximate surface area is 123 Å². The zero-order valence-electron chi connectivity index (χ0n) is 12.9. The number of hydrogen-bond acceptors (Lipinski definition) is 2. The van der Waals surface area contributed by atoms with Crippen LogP contribution in [0.5, 0.6) is 0 Å². The molecule has 1 aromatic rings. The maximum atomic E-state index is 3.86. The first kappa shape index (κ1) is 14.1. The van der Waals surface area contributed by atoms with Crippen LogP contribution in [-0.2, 0) is 0 Å². The van der Waals surface area contributed by atoms with Crippen LogP contribution >= 0.6 is 0 Å². The fourth-order valence-electron chi connectivity index (χ4n) is 3.89. The summed E-state index contributed by atoms with van der Waals surface area (Å²) in [4.78, 5) is 2.57. The van der Waals surface area contributed by atoms with Gasteiger partial charge < -0.3 is 10.2 Å². The lowest BCUT2D eigenvalue weighted by Gasteiger charge is -2.31. The smallest absolute Gasteiger partial charge is 0.0323 e. The lowest BCUT2D eigenvalue weighted by molar-refractivity contribution is 0.330. The molecule has 2 aliphatic rings. The Morgan fingerprint density at radius 2 is 1.95 bits per heavy atom. The van der Waals surface area contributed by atoms with Crippen molar-refractivity contribution in [3.05, 3.63) is 35.4 Å². The van der Waals surface area contributed by atoms with Gasteiger partial charge in [-0.3, -0.25) is 0 Å². The van der Waals surface area contributed by atoms with Gasteiger partial charge in [0.25, 0.3) is 0 Å². The van der Waals surface area contributed by atoms with E-state index in [1.54, 1.807) is 11.1 Å². The Bertz CT molecular complexity index is 443. The van der Waals surface area contributed by atoms with Crippen molar-refractivity contribution in [3.8, 4) is 0 Å². The number of hydrogen-bond donors (Lipinski definition) is 1. The Balaban J connectivity index is 1.60. The number of rotatable bonds is 4. The van der Waals surface area contributed by atoms with Crippen LogP contribution in [0.2, 0.25) is 0 Å². The largest absolute Gasteiger partial charge is 0.310 e. The van der Waals surface area contributed by atoms with Gasteiger partial charge in [-0.15, -0.1) is 0 Å². The molecule has 110 valence electrons. The highest BCUT2D eigenvalue weighted by molar-refractivity contribution is 5.34. The van der Waals surface area contributed by atoms with E-state index in [1.807, 2.05) is 0 Å². The summed E-state index contributed by atoms with van der Waals surface area (Å²) < 4.78 is 0. The molecule has 0 saturated carbocycles. The SMILES string of the molecule is CCN1CCC(CNC2CCC(C)c3ccccc32)C1. The molecule has 1 N–H and O–H groups in total. The zero-order valence-corrected chi connectivity index (χ0v) is 12.9. The monoisotopic (exact) mass is 272 g/mol. The minimum Gasteiger partial charge on any atom is -0.310 e. The molecule has 0 amide bonds. The highest BCUT2D eigenvalue weighted by Crippen LogP contribution is 2.37. The third-order valence-corrected chi connectivity index (χ3v) is 5.26. The van der Waals surface area contributed by atoms with E-state index >= 15 is 0 Å². The number of fused-ring (bicyclic) bond motifs is 1. The van der Waals surface area contributed by atoms with Crippen molar-refractivity contribution in [2.24, 2.45) is 5.92 Å². The second-order valence-electron chi connectivity index (χ2n) is 6.62. The van der Waals surface area contributed by atoms with Crippen molar-refractivity contribution < 1.29 is 0 Å². The van der Waals surface area contributed by atoms with Gasteiger partial charge in [-0.25, -0.2) is 0 Å². The first-order chi connectivity index (χ1) is 9.78. The molecule has 1 aliphatic carbocycles. The van der Waals surface area contributed by atoms with E-state index in [0.717, 1.165) is 11.8 Å². The molecule has 3 atom stereocenters. The minimum absolute atomic E-state index is 0.582. The second kappa shape index (κ2) is 6.28. The van der Waals surface area contributed by atoms with Crippen LogP contribution in [-0.4, -0.2) is 31.1 Å². The van der Waals surface area contributed by atoms with Crippen LogP contribution in [0, 0.1) is 5.92 Å². The normalized spacial score (nSPS) is 30.4. The Kier molecular flexibility index (Phi) is 4.42. The summed E-state index contributed by atoms with van der Waals surface area (Å²) in [6, 6.07) is 9.61. The molecule has 1 fully saturated rings. The molecule has 0 bridgehead atoms. The first-order valence-electron chi connectivity index (χ1n) is 8.32. The van der Waals surface area contributed by atoms with Gasteiger partial charge in [0.15, 0.2) is 0 Å². The summed E-state index contributed by atoms with van der Waals surface area (Å²) in [7, 11) is 0. The lowest BCUT2D eigenvalue weighted by atomic mass is 9.81. The van der Waals surface area contributed by atoms with Gasteiger partial charge in [0.05, 0.1) is 0 Å². The van der Waals surface area contributed by atoms with Gasteiger partial charge >= 0.3 is 0 Å². The van der Waals surface area contributed by atoms with Crippen LogP contribution in [0.4, 0.5) is 0 Å². The van der Waals surface area contributed by atoms with Gasteiger partial charge in [0.1, 0.15) is 0 Å². The molecule has 1 heterocycles. The summed E-state index contributed by atoms with van der Waals surface area (Å²) in [5.74, 6) is 1.58. The average molecular weight is 272 g/mol. The molecule has 3 rings (SSSR count). The van der Waals surface area contributed by atoms with Crippen molar-refractivity contribution in [3.63, 3.8) is 0 Å². The van der Waals surface area contributed by atoms with E-state index in [9.17, 15) is 0 Å².